The largest absolute Gasteiger partial charge is 0.299 e. The number of carbonyl (C=O) groups excluding carboxylic acids is 5. The Labute approximate surface area is 372 Å². The number of rotatable bonds is 20. The molecule has 5 nitrogen and oxygen atoms in total. The monoisotopic (exact) mass is 841 g/mol. The van der Waals surface area contributed by atoms with E-state index in [0.29, 0.717) is 28.9 Å². The van der Waals surface area contributed by atoms with Crippen LogP contribution in [0, 0.1) is 59.2 Å². The zero-order valence-electron chi connectivity index (χ0n) is 41.5. The highest BCUT2D eigenvalue weighted by molar-refractivity contribution is 5.81. The molecule has 0 saturated heterocycles. The van der Waals surface area contributed by atoms with E-state index in [2.05, 4.69) is 0 Å². The fourth-order valence-electron chi connectivity index (χ4n) is 8.79. The fourth-order valence-corrected chi connectivity index (χ4v) is 8.79. The average Bonchev–Trinajstić information content (AvgIpc) is 3.96. The third-order valence-corrected chi connectivity index (χ3v) is 14.3. The molecule has 0 heterocycles. The number of Topliss-reactive ketones (excluding diaryl/α,β-unsaturated/α-hetero) is 5. The molecule has 0 N–H and O–H groups in total. The number of carbonyl (C=O) groups is 5. The number of ketones is 5. The van der Waals surface area contributed by atoms with Crippen LogP contribution >= 0.6 is 0 Å². The molecule has 0 amide bonds. The third kappa shape index (κ3) is 29.6. The van der Waals surface area contributed by atoms with Gasteiger partial charge in [0.05, 0.1) is 0 Å². The molecule has 5 saturated carbocycles. The molecule has 0 radical (unpaired) electrons. The Bertz CT molecular complexity index is 1140. The van der Waals surface area contributed by atoms with Gasteiger partial charge >= 0.3 is 0 Å². The maximum Gasteiger partial charge on any atom is 0.135 e. The Morgan fingerprint density at radius 2 is 0.433 bits per heavy atom. The normalized spacial score (nSPS) is 18.9. The molecule has 5 fully saturated rings. The summed E-state index contributed by atoms with van der Waals surface area (Å²) in [5, 5.41) is 0. The van der Waals surface area contributed by atoms with Crippen molar-refractivity contribution in [1.82, 2.24) is 0 Å². The maximum atomic E-state index is 11.5. The van der Waals surface area contributed by atoms with Gasteiger partial charge in [-0.05, 0) is 61.7 Å². The van der Waals surface area contributed by atoms with Crippen molar-refractivity contribution in [3.05, 3.63) is 0 Å². The van der Waals surface area contributed by atoms with Crippen LogP contribution in [0.5, 0.6) is 0 Å². The van der Waals surface area contributed by atoms with Gasteiger partial charge in [-0.15, -0.1) is 0 Å². The topological polar surface area (TPSA) is 85.3 Å². The zero-order chi connectivity index (χ0) is 44.9. The van der Waals surface area contributed by atoms with E-state index < -0.39 is 0 Å². The Morgan fingerprint density at radius 1 is 0.267 bits per heavy atom. The van der Waals surface area contributed by atoms with E-state index in [-0.39, 0.29) is 29.6 Å². The molecule has 0 aromatic heterocycles. The summed E-state index contributed by atoms with van der Waals surface area (Å²) in [6, 6.07) is 0. The quantitative estimate of drug-likeness (QED) is 0.114. The maximum absolute atomic E-state index is 11.5. The molecule has 0 spiro atoms. The van der Waals surface area contributed by atoms with Crippen LogP contribution in [0.3, 0.4) is 0 Å². The highest BCUT2D eigenvalue weighted by atomic mass is 16.1. The highest BCUT2D eigenvalue weighted by Crippen LogP contribution is 2.34. The van der Waals surface area contributed by atoms with Crippen LogP contribution in [0.2, 0.25) is 0 Å². The minimum atomic E-state index is 0.237. The van der Waals surface area contributed by atoms with Crippen LogP contribution < -0.4 is 0 Å². The van der Waals surface area contributed by atoms with Crippen molar-refractivity contribution in [2.24, 2.45) is 59.2 Å². The summed E-state index contributed by atoms with van der Waals surface area (Å²) in [6.45, 7) is 20.0. The Hall–Kier alpha value is -1.65. The van der Waals surface area contributed by atoms with Gasteiger partial charge in [0.2, 0.25) is 0 Å². The van der Waals surface area contributed by atoms with Gasteiger partial charge in [0.1, 0.15) is 28.9 Å². The van der Waals surface area contributed by atoms with Gasteiger partial charge < -0.3 is 0 Å². The van der Waals surface area contributed by atoms with E-state index in [0.717, 1.165) is 93.8 Å². The Kier molecular flexibility index (Phi) is 31.8. The third-order valence-electron chi connectivity index (χ3n) is 14.3. The number of hydrogen-bond acceptors (Lipinski definition) is 5. The molecule has 5 aliphatic rings. The van der Waals surface area contributed by atoms with Crippen LogP contribution in [0.4, 0.5) is 0 Å². The molecule has 0 unspecified atom stereocenters. The minimum absolute atomic E-state index is 0.237. The second-order valence-corrected chi connectivity index (χ2v) is 21.6. The standard InChI is InChI=1S/C13H24O.C12H22O.C11H20O.C10H18O.C9H16O/c1-11(2)13(14)10-9-12-7-5-3-4-6-8-12;1-10(2)12(13)9-8-11-6-4-3-5-7-11;1-9(2)11(12)8-7-10-5-3-4-6-10;1-8(2)10(11)7-6-9-4-3-5-9;1-7(2)9(10)6-5-8-3-4-8/h11-12H,3-10H2,1-2H3;10-11H,3-9H2,1-2H3;9-10H,3-8H2,1-2H3;8-9H,3-7H2,1-2H3;7-8H,3-6H2,1-2H3. The molecular weight excluding hydrogens is 741 g/mol. The molecule has 5 rings (SSSR count). The van der Waals surface area contributed by atoms with Gasteiger partial charge in [-0.3, -0.25) is 24.0 Å². The van der Waals surface area contributed by atoms with E-state index in [1.807, 2.05) is 69.2 Å². The summed E-state index contributed by atoms with van der Waals surface area (Å²) < 4.78 is 0. The lowest BCUT2D eigenvalue weighted by atomic mass is 9.81. The van der Waals surface area contributed by atoms with Crippen LogP contribution in [0.15, 0.2) is 0 Å². The molecule has 60 heavy (non-hydrogen) atoms. The van der Waals surface area contributed by atoms with Crippen molar-refractivity contribution < 1.29 is 24.0 Å². The van der Waals surface area contributed by atoms with Crippen molar-refractivity contribution in [2.45, 2.75) is 262 Å². The smallest absolute Gasteiger partial charge is 0.135 e. The molecule has 0 atom stereocenters. The lowest BCUT2D eigenvalue weighted by Crippen LogP contribution is -2.14. The Balaban J connectivity index is 0.000000377. The molecule has 5 aliphatic carbocycles. The summed E-state index contributed by atoms with van der Waals surface area (Å²) in [6.07, 6.45) is 37.5. The van der Waals surface area contributed by atoms with E-state index in [9.17, 15) is 24.0 Å². The van der Waals surface area contributed by atoms with Gasteiger partial charge in [0, 0.05) is 61.7 Å². The lowest BCUT2D eigenvalue weighted by molar-refractivity contribution is -0.123. The van der Waals surface area contributed by atoms with Crippen molar-refractivity contribution in [3.63, 3.8) is 0 Å². The van der Waals surface area contributed by atoms with Gasteiger partial charge in [0.25, 0.3) is 0 Å². The second-order valence-electron chi connectivity index (χ2n) is 21.6. The molecule has 0 aromatic rings. The van der Waals surface area contributed by atoms with Gasteiger partial charge in [0.15, 0.2) is 0 Å². The van der Waals surface area contributed by atoms with Gasteiger partial charge in [-0.1, -0.05) is 198 Å². The van der Waals surface area contributed by atoms with Gasteiger partial charge in [-0.2, -0.15) is 0 Å². The fraction of sp³-hybridized carbons (Fsp3) is 0.909. The van der Waals surface area contributed by atoms with E-state index >= 15 is 0 Å². The van der Waals surface area contributed by atoms with Crippen molar-refractivity contribution >= 4 is 28.9 Å². The average molecular weight is 841 g/mol. The molecule has 0 aliphatic heterocycles. The first kappa shape index (κ1) is 56.4. The first-order valence-electron chi connectivity index (χ1n) is 26.1. The van der Waals surface area contributed by atoms with Crippen molar-refractivity contribution in [3.8, 4) is 0 Å². The SMILES string of the molecule is CC(C)C(=O)CCC1CC1.CC(C)C(=O)CCC1CCC1.CC(C)C(=O)CCC1CCCC1.CC(C)C(=O)CCC1CCCCC1.CC(C)C(=O)CCC1CCCCCC1. The van der Waals surface area contributed by atoms with Crippen LogP contribution in [0.25, 0.3) is 0 Å². The summed E-state index contributed by atoms with van der Waals surface area (Å²) in [5.41, 5.74) is 0. The molecule has 0 aromatic carbocycles. The van der Waals surface area contributed by atoms with Crippen LogP contribution in [0.1, 0.15) is 262 Å². The highest BCUT2D eigenvalue weighted by Gasteiger charge is 2.23. The van der Waals surface area contributed by atoms with Crippen molar-refractivity contribution in [1.29, 1.82) is 0 Å². The van der Waals surface area contributed by atoms with Crippen LogP contribution in [-0.4, -0.2) is 28.9 Å². The van der Waals surface area contributed by atoms with E-state index in [1.165, 1.54) is 128 Å². The first-order valence-corrected chi connectivity index (χ1v) is 26.1. The van der Waals surface area contributed by atoms with E-state index in [4.69, 9.17) is 0 Å². The zero-order valence-corrected chi connectivity index (χ0v) is 41.5. The predicted molar refractivity (Wildman–Crippen MR) is 255 cm³/mol. The lowest BCUT2D eigenvalue weighted by Gasteiger charge is -2.24. The molecule has 350 valence electrons. The van der Waals surface area contributed by atoms with E-state index in [1.54, 1.807) is 0 Å². The van der Waals surface area contributed by atoms with Crippen LogP contribution in [-0.2, 0) is 24.0 Å². The summed E-state index contributed by atoms with van der Waals surface area (Å²) >= 11 is 0. The first-order chi connectivity index (χ1) is 28.5. The molecule has 0 bridgehead atoms. The second kappa shape index (κ2) is 33.8. The Morgan fingerprint density at radius 3 is 0.600 bits per heavy atom. The summed E-state index contributed by atoms with van der Waals surface area (Å²) in [7, 11) is 0. The summed E-state index contributed by atoms with van der Waals surface area (Å²) in [5.74, 6) is 7.81. The van der Waals surface area contributed by atoms with Gasteiger partial charge in [-0.25, -0.2) is 0 Å². The van der Waals surface area contributed by atoms with Crippen molar-refractivity contribution in [2.75, 3.05) is 0 Å². The molecular formula is C55H100O5. The number of hydrogen-bond donors (Lipinski definition) is 0. The predicted octanol–water partition coefficient (Wildman–Crippen LogP) is 15.9. The minimum Gasteiger partial charge on any atom is -0.299 e. The summed E-state index contributed by atoms with van der Waals surface area (Å²) in [4.78, 5) is 56.4. The molecule has 5 heteroatoms.